The maximum atomic E-state index is 13.2. The highest BCUT2D eigenvalue weighted by Gasteiger charge is 2.24. The molecule has 2 aromatic carbocycles. The average Bonchev–Trinajstić information content (AvgIpc) is 3.33. The van der Waals surface area contributed by atoms with Gasteiger partial charge in [-0.3, -0.25) is 9.36 Å². The van der Waals surface area contributed by atoms with Crippen LogP contribution in [0.4, 0.5) is 10.1 Å². The number of H-pyrrole nitrogens is 1. The Kier molecular flexibility index (Phi) is 5.26. The fourth-order valence-corrected chi connectivity index (χ4v) is 5.00. The highest BCUT2D eigenvalue weighted by molar-refractivity contribution is 5.97. The van der Waals surface area contributed by atoms with Crippen molar-refractivity contribution in [3.63, 3.8) is 0 Å². The number of amides is 1. The third-order valence-electron chi connectivity index (χ3n) is 6.63. The van der Waals surface area contributed by atoms with E-state index in [9.17, 15) is 14.0 Å². The van der Waals surface area contributed by atoms with Crippen LogP contribution in [0.2, 0.25) is 0 Å². The van der Waals surface area contributed by atoms with Gasteiger partial charge in [0.05, 0.1) is 11.0 Å². The molecule has 1 N–H and O–H groups in total. The van der Waals surface area contributed by atoms with Gasteiger partial charge in [0.15, 0.2) is 0 Å². The minimum atomic E-state index is -0.245. The number of aromatic amines is 1. The van der Waals surface area contributed by atoms with E-state index in [2.05, 4.69) is 9.88 Å². The molecule has 31 heavy (non-hydrogen) atoms. The lowest BCUT2D eigenvalue weighted by Crippen LogP contribution is -2.35. The van der Waals surface area contributed by atoms with Crippen LogP contribution in [0.5, 0.6) is 0 Å². The summed E-state index contributed by atoms with van der Waals surface area (Å²) < 4.78 is 15.1. The Morgan fingerprint density at radius 1 is 0.935 bits per heavy atom. The summed E-state index contributed by atoms with van der Waals surface area (Å²) >= 11 is 0. The zero-order valence-electron chi connectivity index (χ0n) is 17.5. The second-order valence-corrected chi connectivity index (χ2v) is 8.58. The summed E-state index contributed by atoms with van der Waals surface area (Å²) in [5.41, 5.74) is 3.10. The number of rotatable bonds is 3. The van der Waals surface area contributed by atoms with E-state index in [0.29, 0.717) is 25.2 Å². The first-order valence-electron chi connectivity index (χ1n) is 11.1. The van der Waals surface area contributed by atoms with Crippen molar-refractivity contribution in [2.75, 3.05) is 31.1 Å². The van der Waals surface area contributed by atoms with Crippen LogP contribution in [0.15, 0.2) is 47.3 Å². The second-order valence-electron chi connectivity index (χ2n) is 8.58. The van der Waals surface area contributed by atoms with Crippen molar-refractivity contribution in [1.82, 2.24) is 14.5 Å². The SMILES string of the molecule is O=C(c1ccc2c(c1)[nH]c(=O)n2C1CCCC1)N1CCCN(c2ccc(F)cc2)CC1. The van der Waals surface area contributed by atoms with Crippen LogP contribution in [0, 0.1) is 5.82 Å². The molecule has 0 bridgehead atoms. The average molecular weight is 423 g/mol. The minimum absolute atomic E-state index is 0.0164. The first-order valence-corrected chi connectivity index (χ1v) is 11.1. The van der Waals surface area contributed by atoms with Crippen LogP contribution in [0.3, 0.4) is 0 Å². The fourth-order valence-electron chi connectivity index (χ4n) is 5.00. The van der Waals surface area contributed by atoms with E-state index in [1.165, 1.54) is 12.1 Å². The Hall–Kier alpha value is -3.09. The molecule has 1 aliphatic heterocycles. The van der Waals surface area contributed by atoms with Crippen molar-refractivity contribution in [3.8, 4) is 0 Å². The number of nitrogens with one attached hydrogen (secondary N) is 1. The molecular weight excluding hydrogens is 395 g/mol. The fraction of sp³-hybridized carbons (Fsp3) is 0.417. The van der Waals surface area contributed by atoms with Gasteiger partial charge in [0.25, 0.3) is 5.91 Å². The molecule has 2 aliphatic rings. The molecule has 0 radical (unpaired) electrons. The molecule has 6 nitrogen and oxygen atoms in total. The Balaban J connectivity index is 1.33. The summed E-state index contributed by atoms with van der Waals surface area (Å²) in [7, 11) is 0. The number of hydrogen-bond acceptors (Lipinski definition) is 3. The third kappa shape index (κ3) is 3.84. The lowest BCUT2D eigenvalue weighted by Gasteiger charge is -2.24. The van der Waals surface area contributed by atoms with Crippen LogP contribution in [0.1, 0.15) is 48.5 Å². The summed E-state index contributed by atoms with van der Waals surface area (Å²) in [5.74, 6) is -0.261. The summed E-state index contributed by atoms with van der Waals surface area (Å²) in [6.07, 6.45) is 5.23. The molecule has 1 amide bonds. The van der Waals surface area contributed by atoms with E-state index in [4.69, 9.17) is 0 Å². The number of benzene rings is 2. The number of nitrogens with zero attached hydrogens (tertiary/aromatic N) is 3. The molecule has 0 spiro atoms. The predicted octanol–water partition coefficient (Wildman–Crippen LogP) is 3.94. The van der Waals surface area contributed by atoms with Crippen molar-refractivity contribution in [1.29, 1.82) is 0 Å². The van der Waals surface area contributed by atoms with E-state index in [1.54, 1.807) is 12.1 Å². The molecule has 1 aromatic heterocycles. The van der Waals surface area contributed by atoms with E-state index < -0.39 is 0 Å². The normalized spacial score (nSPS) is 18.0. The Morgan fingerprint density at radius 2 is 1.71 bits per heavy atom. The van der Waals surface area contributed by atoms with E-state index in [1.807, 2.05) is 27.7 Å². The molecule has 2 heterocycles. The zero-order valence-corrected chi connectivity index (χ0v) is 17.5. The maximum Gasteiger partial charge on any atom is 0.326 e. The second kappa shape index (κ2) is 8.21. The van der Waals surface area contributed by atoms with E-state index in [0.717, 1.165) is 55.4 Å². The number of aromatic nitrogens is 2. The first-order chi connectivity index (χ1) is 15.1. The van der Waals surface area contributed by atoms with Gasteiger partial charge in [-0.2, -0.15) is 0 Å². The highest BCUT2D eigenvalue weighted by Crippen LogP contribution is 2.31. The number of imidazole rings is 1. The standard InChI is InChI=1S/C24H27FN4O2/c25-18-7-9-19(10-8-18)27-12-3-13-28(15-14-27)23(30)17-6-11-22-21(16-17)26-24(31)29(22)20-4-1-2-5-20/h6-11,16,20H,1-5,12-15H2,(H,26,31). The molecule has 1 saturated carbocycles. The highest BCUT2D eigenvalue weighted by atomic mass is 19.1. The number of fused-ring (bicyclic) bond motifs is 1. The Bertz CT molecular complexity index is 1140. The molecule has 0 unspecified atom stereocenters. The zero-order chi connectivity index (χ0) is 21.4. The summed E-state index contributed by atoms with van der Waals surface area (Å²) in [6, 6.07) is 12.3. The van der Waals surface area contributed by atoms with Crippen LogP contribution < -0.4 is 10.6 Å². The van der Waals surface area contributed by atoms with Crippen LogP contribution in [-0.2, 0) is 0 Å². The molecule has 1 aliphatic carbocycles. The topological polar surface area (TPSA) is 61.3 Å². The van der Waals surface area contributed by atoms with Crippen molar-refractivity contribution < 1.29 is 9.18 Å². The molecule has 5 rings (SSSR count). The van der Waals surface area contributed by atoms with Gasteiger partial charge in [-0.15, -0.1) is 0 Å². The third-order valence-corrected chi connectivity index (χ3v) is 6.63. The smallest absolute Gasteiger partial charge is 0.326 e. The molecule has 1 saturated heterocycles. The predicted molar refractivity (Wildman–Crippen MR) is 119 cm³/mol. The monoisotopic (exact) mass is 422 g/mol. The summed E-state index contributed by atoms with van der Waals surface area (Å²) in [5, 5.41) is 0. The van der Waals surface area contributed by atoms with Gasteiger partial charge >= 0.3 is 5.69 Å². The van der Waals surface area contributed by atoms with Gasteiger partial charge in [-0.25, -0.2) is 9.18 Å². The number of carbonyl (C=O) groups excluding carboxylic acids is 1. The van der Waals surface area contributed by atoms with Gasteiger partial charge in [0.1, 0.15) is 5.82 Å². The Morgan fingerprint density at radius 3 is 2.48 bits per heavy atom. The molecular formula is C24H27FN4O2. The van der Waals surface area contributed by atoms with Crippen molar-refractivity contribution >= 4 is 22.6 Å². The van der Waals surface area contributed by atoms with Gasteiger partial charge in [-0.1, -0.05) is 12.8 Å². The van der Waals surface area contributed by atoms with Crippen molar-refractivity contribution in [3.05, 3.63) is 64.3 Å². The maximum absolute atomic E-state index is 13.2. The van der Waals surface area contributed by atoms with Crippen LogP contribution >= 0.6 is 0 Å². The van der Waals surface area contributed by atoms with Crippen molar-refractivity contribution in [2.24, 2.45) is 0 Å². The van der Waals surface area contributed by atoms with Crippen LogP contribution in [0.25, 0.3) is 11.0 Å². The lowest BCUT2D eigenvalue weighted by atomic mass is 10.1. The van der Waals surface area contributed by atoms with Crippen molar-refractivity contribution in [2.45, 2.75) is 38.1 Å². The summed E-state index contributed by atoms with van der Waals surface area (Å²) in [4.78, 5) is 32.7. The minimum Gasteiger partial charge on any atom is -0.370 e. The van der Waals surface area contributed by atoms with Gasteiger partial charge < -0.3 is 14.8 Å². The largest absolute Gasteiger partial charge is 0.370 e. The van der Waals surface area contributed by atoms with Gasteiger partial charge in [0, 0.05) is 43.5 Å². The molecule has 0 atom stereocenters. The molecule has 3 aromatic rings. The number of anilines is 1. The number of hydrogen-bond donors (Lipinski definition) is 1. The molecule has 162 valence electrons. The number of carbonyl (C=O) groups is 1. The summed E-state index contributed by atoms with van der Waals surface area (Å²) in [6.45, 7) is 2.81. The van der Waals surface area contributed by atoms with Crippen LogP contribution in [-0.4, -0.2) is 46.5 Å². The quantitative estimate of drug-likeness (QED) is 0.696. The molecule has 2 fully saturated rings. The van der Waals surface area contributed by atoms with E-state index >= 15 is 0 Å². The van der Waals surface area contributed by atoms with E-state index in [-0.39, 0.29) is 23.5 Å². The van der Waals surface area contributed by atoms with Gasteiger partial charge in [0.2, 0.25) is 0 Å². The first kappa shape index (κ1) is 19.8. The lowest BCUT2D eigenvalue weighted by molar-refractivity contribution is 0.0767. The number of halogens is 1. The molecule has 7 heteroatoms. The Labute approximate surface area is 180 Å². The van der Waals surface area contributed by atoms with Gasteiger partial charge in [-0.05, 0) is 61.7 Å².